The number of nitrogens with zero attached hydrogens (tertiary/aromatic N) is 1. The molecule has 1 heterocycles. The second kappa shape index (κ2) is 8.09. The molecule has 31 heavy (non-hydrogen) atoms. The van der Waals surface area contributed by atoms with Gasteiger partial charge >= 0.3 is 5.97 Å². The first kappa shape index (κ1) is 21.5. The highest BCUT2D eigenvalue weighted by Crippen LogP contribution is 2.56. The lowest BCUT2D eigenvalue weighted by molar-refractivity contribution is -0.162. The summed E-state index contributed by atoms with van der Waals surface area (Å²) in [5.74, 6) is -2.01. The maximum absolute atomic E-state index is 13.1. The monoisotopic (exact) mass is 426 g/mol. The number of imide groups is 1. The van der Waals surface area contributed by atoms with E-state index in [2.05, 4.69) is 5.32 Å². The van der Waals surface area contributed by atoms with Crippen LogP contribution in [0, 0.1) is 43.4 Å². The van der Waals surface area contributed by atoms with Gasteiger partial charge in [-0.25, -0.2) is 4.79 Å². The molecule has 0 aromatic heterocycles. The Morgan fingerprint density at radius 1 is 1.10 bits per heavy atom. The van der Waals surface area contributed by atoms with Gasteiger partial charge in [0.05, 0.1) is 11.8 Å². The number of rotatable bonds is 6. The number of likely N-dealkylation sites (tertiary alicyclic amines) is 1. The van der Waals surface area contributed by atoms with E-state index in [1.165, 1.54) is 0 Å². The quantitative estimate of drug-likeness (QED) is 0.558. The number of anilines is 1. The first-order valence-electron chi connectivity index (χ1n) is 11.1. The number of amides is 3. The minimum atomic E-state index is -1.00. The Labute approximate surface area is 182 Å². The zero-order valence-electron chi connectivity index (χ0n) is 18.5. The molecule has 0 radical (unpaired) electrons. The smallest absolute Gasteiger partial charge is 0.330 e. The van der Waals surface area contributed by atoms with Crippen molar-refractivity contribution < 1.29 is 23.9 Å². The molecule has 3 aliphatic rings. The van der Waals surface area contributed by atoms with Crippen molar-refractivity contribution in [1.82, 2.24) is 4.90 Å². The molecular formula is C24H30N2O5. The summed E-state index contributed by atoms with van der Waals surface area (Å²) in [4.78, 5) is 52.6. The molecule has 2 saturated carbocycles. The highest BCUT2D eigenvalue weighted by molar-refractivity contribution is 6.08. The largest absolute Gasteiger partial charge is 0.454 e. The van der Waals surface area contributed by atoms with Crippen molar-refractivity contribution in [2.45, 2.75) is 53.0 Å². The SMILES string of the molecule is Cc1ccc(C)c(NC(=O)COC(=O)[C@H](C(C)C)N2C(=O)[C@H]3[C@@H]4CC[C@H](C4)[C@@H]3C2=O)c1. The van der Waals surface area contributed by atoms with E-state index < -0.39 is 24.5 Å². The van der Waals surface area contributed by atoms with Crippen LogP contribution in [0.4, 0.5) is 5.69 Å². The van der Waals surface area contributed by atoms with Gasteiger partial charge in [-0.15, -0.1) is 0 Å². The Morgan fingerprint density at radius 3 is 2.29 bits per heavy atom. The van der Waals surface area contributed by atoms with E-state index in [1.807, 2.05) is 32.0 Å². The van der Waals surface area contributed by atoms with Crippen LogP contribution in [0.25, 0.3) is 0 Å². The second-order valence-corrected chi connectivity index (χ2v) is 9.59. The van der Waals surface area contributed by atoms with Gasteiger partial charge in [-0.2, -0.15) is 0 Å². The fourth-order valence-corrected chi connectivity index (χ4v) is 5.66. The van der Waals surface area contributed by atoms with Gasteiger partial charge in [0, 0.05) is 5.69 Å². The predicted molar refractivity (Wildman–Crippen MR) is 114 cm³/mol. The summed E-state index contributed by atoms with van der Waals surface area (Å²) in [7, 11) is 0. The number of nitrogens with one attached hydrogen (secondary N) is 1. The average molecular weight is 427 g/mol. The Kier molecular flexibility index (Phi) is 5.62. The second-order valence-electron chi connectivity index (χ2n) is 9.59. The number of aryl methyl sites for hydroxylation is 2. The summed E-state index contributed by atoms with van der Waals surface area (Å²) in [6.45, 7) is 6.90. The van der Waals surface area contributed by atoms with E-state index in [9.17, 15) is 19.2 Å². The van der Waals surface area contributed by atoms with E-state index >= 15 is 0 Å². The summed E-state index contributed by atoms with van der Waals surface area (Å²) in [5.41, 5.74) is 2.57. The Morgan fingerprint density at radius 2 is 1.71 bits per heavy atom. The first-order chi connectivity index (χ1) is 14.7. The third-order valence-corrected chi connectivity index (χ3v) is 7.13. The van der Waals surface area contributed by atoms with Crippen molar-refractivity contribution in [3.8, 4) is 0 Å². The lowest BCUT2D eigenvalue weighted by Gasteiger charge is -2.28. The maximum atomic E-state index is 13.1. The van der Waals surface area contributed by atoms with Gasteiger partial charge in [0.1, 0.15) is 6.04 Å². The van der Waals surface area contributed by atoms with Crippen molar-refractivity contribution in [3.05, 3.63) is 29.3 Å². The maximum Gasteiger partial charge on any atom is 0.330 e. The topological polar surface area (TPSA) is 92.8 Å². The number of benzene rings is 1. The van der Waals surface area contributed by atoms with Crippen LogP contribution in [0.2, 0.25) is 0 Å². The van der Waals surface area contributed by atoms with E-state index in [1.54, 1.807) is 13.8 Å². The Balaban J connectivity index is 1.42. The van der Waals surface area contributed by atoms with Crippen molar-refractivity contribution in [1.29, 1.82) is 0 Å². The van der Waals surface area contributed by atoms with Crippen LogP contribution < -0.4 is 5.32 Å². The van der Waals surface area contributed by atoms with Gasteiger partial charge in [0.2, 0.25) is 11.8 Å². The van der Waals surface area contributed by atoms with Gasteiger partial charge in [-0.05, 0) is 68.1 Å². The molecule has 7 heteroatoms. The summed E-state index contributed by atoms with van der Waals surface area (Å²) in [6, 6.07) is 4.70. The molecule has 1 aromatic carbocycles. The van der Waals surface area contributed by atoms with Crippen molar-refractivity contribution in [2.24, 2.45) is 29.6 Å². The van der Waals surface area contributed by atoms with E-state index in [0.29, 0.717) is 5.69 Å². The fourth-order valence-electron chi connectivity index (χ4n) is 5.66. The highest BCUT2D eigenvalue weighted by atomic mass is 16.5. The minimum Gasteiger partial charge on any atom is -0.454 e. The summed E-state index contributed by atoms with van der Waals surface area (Å²) in [6.07, 6.45) is 2.90. The molecule has 2 aliphatic carbocycles. The lowest BCUT2D eigenvalue weighted by Crippen LogP contribution is -2.50. The summed E-state index contributed by atoms with van der Waals surface area (Å²) >= 11 is 0. The third kappa shape index (κ3) is 3.75. The molecule has 3 fully saturated rings. The average Bonchev–Trinajstić information content (AvgIpc) is 3.39. The number of carbonyl (C=O) groups is 4. The van der Waals surface area contributed by atoms with Crippen LogP contribution >= 0.6 is 0 Å². The van der Waals surface area contributed by atoms with E-state index in [4.69, 9.17) is 4.74 Å². The lowest BCUT2D eigenvalue weighted by atomic mass is 9.81. The van der Waals surface area contributed by atoms with Crippen LogP contribution in [0.1, 0.15) is 44.2 Å². The molecule has 7 nitrogen and oxygen atoms in total. The van der Waals surface area contributed by atoms with Crippen molar-refractivity contribution in [2.75, 3.05) is 11.9 Å². The van der Waals surface area contributed by atoms with Gasteiger partial charge in [-0.1, -0.05) is 26.0 Å². The van der Waals surface area contributed by atoms with Crippen LogP contribution in [-0.2, 0) is 23.9 Å². The van der Waals surface area contributed by atoms with Crippen LogP contribution in [0.3, 0.4) is 0 Å². The number of carbonyl (C=O) groups excluding carboxylic acids is 4. The number of hydrogen-bond donors (Lipinski definition) is 1. The molecule has 1 aliphatic heterocycles. The molecule has 1 N–H and O–H groups in total. The standard InChI is InChI=1S/C24H30N2O5/c1-12(2)21(26-22(28)19-15-7-8-16(10-15)20(19)23(26)29)24(30)31-11-18(27)25-17-9-13(3)5-6-14(17)4/h5-6,9,12,15-16,19-21H,7-8,10-11H2,1-4H3,(H,25,27)/t15-,16-,19+,20+,21+/m1/s1. The van der Waals surface area contributed by atoms with Crippen LogP contribution in [0.5, 0.6) is 0 Å². The molecule has 0 spiro atoms. The molecule has 1 aromatic rings. The van der Waals surface area contributed by atoms with Gasteiger partial charge < -0.3 is 10.1 Å². The van der Waals surface area contributed by atoms with E-state index in [-0.39, 0.29) is 41.4 Å². The molecule has 2 bridgehead atoms. The zero-order chi connectivity index (χ0) is 22.4. The molecular weight excluding hydrogens is 396 g/mol. The van der Waals surface area contributed by atoms with E-state index in [0.717, 1.165) is 35.3 Å². The molecule has 166 valence electrons. The fraction of sp³-hybridized carbons (Fsp3) is 0.583. The zero-order valence-corrected chi connectivity index (χ0v) is 18.5. The number of hydrogen-bond acceptors (Lipinski definition) is 5. The number of ether oxygens (including phenoxy) is 1. The summed E-state index contributed by atoms with van der Waals surface area (Å²) in [5, 5.41) is 2.75. The molecule has 1 saturated heterocycles. The molecule has 3 amide bonds. The molecule has 5 atom stereocenters. The van der Waals surface area contributed by atoms with Gasteiger partial charge in [0.15, 0.2) is 6.61 Å². The van der Waals surface area contributed by atoms with Crippen molar-refractivity contribution >= 4 is 29.4 Å². The summed E-state index contributed by atoms with van der Waals surface area (Å²) < 4.78 is 5.27. The Hall–Kier alpha value is -2.70. The van der Waals surface area contributed by atoms with Gasteiger partial charge in [-0.3, -0.25) is 19.3 Å². The van der Waals surface area contributed by atoms with Crippen molar-refractivity contribution in [3.63, 3.8) is 0 Å². The normalized spacial score (nSPS) is 27.6. The number of fused-ring (bicyclic) bond motifs is 5. The van der Waals surface area contributed by atoms with Crippen LogP contribution in [0.15, 0.2) is 18.2 Å². The third-order valence-electron chi connectivity index (χ3n) is 7.13. The Bertz CT molecular complexity index is 912. The molecule has 0 unspecified atom stereocenters. The predicted octanol–water partition coefficient (Wildman–Crippen LogP) is 2.84. The minimum absolute atomic E-state index is 0.238. The number of esters is 1. The first-order valence-corrected chi connectivity index (χ1v) is 11.1. The molecule has 4 rings (SSSR count). The van der Waals surface area contributed by atoms with Gasteiger partial charge in [0.25, 0.3) is 5.91 Å². The van der Waals surface area contributed by atoms with Crippen LogP contribution in [-0.4, -0.2) is 41.2 Å². The highest BCUT2D eigenvalue weighted by Gasteiger charge is 2.62.